The SMILES string of the molecule is OC1(c2ccc(Br)c(Cl)c2F)CCCC(C(F)(F)F)C1. The second kappa shape index (κ2) is 5.46. The van der Waals surface area contributed by atoms with Crippen molar-refractivity contribution in [2.45, 2.75) is 37.5 Å². The summed E-state index contributed by atoms with van der Waals surface area (Å²) in [6, 6.07) is 2.71. The molecule has 1 fully saturated rings. The zero-order chi connectivity index (χ0) is 15.1. The van der Waals surface area contributed by atoms with E-state index >= 15 is 0 Å². The lowest BCUT2D eigenvalue weighted by Crippen LogP contribution is -2.39. The summed E-state index contributed by atoms with van der Waals surface area (Å²) in [6.45, 7) is 0. The molecule has 0 bridgehead atoms. The summed E-state index contributed by atoms with van der Waals surface area (Å²) in [5.74, 6) is -2.49. The van der Waals surface area contributed by atoms with Crippen LogP contribution in [0, 0.1) is 11.7 Å². The van der Waals surface area contributed by atoms with Crippen LogP contribution in [-0.4, -0.2) is 11.3 Å². The molecule has 1 saturated carbocycles. The van der Waals surface area contributed by atoms with Crippen LogP contribution >= 0.6 is 27.5 Å². The van der Waals surface area contributed by atoms with Crippen molar-refractivity contribution >= 4 is 27.5 Å². The molecule has 0 spiro atoms. The number of rotatable bonds is 1. The highest BCUT2D eigenvalue weighted by molar-refractivity contribution is 9.10. The molecule has 1 aromatic rings. The monoisotopic (exact) mass is 374 g/mol. The van der Waals surface area contributed by atoms with Crippen LogP contribution in [0.25, 0.3) is 0 Å². The quantitative estimate of drug-likeness (QED) is 0.529. The summed E-state index contributed by atoms with van der Waals surface area (Å²) in [7, 11) is 0. The van der Waals surface area contributed by atoms with Gasteiger partial charge in [-0.05, 0) is 47.7 Å². The first-order valence-electron chi connectivity index (χ1n) is 6.08. The van der Waals surface area contributed by atoms with Gasteiger partial charge in [0.2, 0.25) is 0 Å². The third-order valence-electron chi connectivity index (χ3n) is 3.73. The molecule has 0 amide bonds. The molecule has 2 atom stereocenters. The van der Waals surface area contributed by atoms with Gasteiger partial charge in [0.1, 0.15) is 5.82 Å². The van der Waals surface area contributed by atoms with Crippen LogP contribution in [0.3, 0.4) is 0 Å². The number of benzene rings is 1. The van der Waals surface area contributed by atoms with Crippen LogP contribution < -0.4 is 0 Å². The first-order chi connectivity index (χ1) is 9.15. The third kappa shape index (κ3) is 2.97. The highest BCUT2D eigenvalue weighted by Gasteiger charge is 2.48. The number of halogens is 6. The van der Waals surface area contributed by atoms with Crippen molar-refractivity contribution in [2.75, 3.05) is 0 Å². The molecular weight excluding hydrogens is 363 g/mol. The summed E-state index contributed by atoms with van der Waals surface area (Å²) in [6.07, 6.45) is -4.69. The fourth-order valence-corrected chi connectivity index (χ4v) is 3.13. The highest BCUT2D eigenvalue weighted by Crippen LogP contribution is 2.47. The highest BCUT2D eigenvalue weighted by atomic mass is 79.9. The summed E-state index contributed by atoms with van der Waals surface area (Å²) < 4.78 is 52.8. The Labute approximate surface area is 127 Å². The second-order valence-electron chi connectivity index (χ2n) is 5.09. The van der Waals surface area contributed by atoms with Crippen LogP contribution in [0.2, 0.25) is 5.02 Å². The molecule has 2 rings (SSSR count). The van der Waals surface area contributed by atoms with Gasteiger partial charge in [0.15, 0.2) is 0 Å². The molecule has 1 aromatic carbocycles. The Bertz CT molecular complexity index is 520. The van der Waals surface area contributed by atoms with E-state index in [2.05, 4.69) is 15.9 Å². The van der Waals surface area contributed by atoms with Crippen LogP contribution in [0.5, 0.6) is 0 Å². The number of alkyl halides is 3. The summed E-state index contributed by atoms with van der Waals surface area (Å²) >= 11 is 8.77. The Morgan fingerprint density at radius 2 is 2.00 bits per heavy atom. The Balaban J connectivity index is 2.38. The average molecular weight is 376 g/mol. The predicted octanol–water partition coefficient (Wildman–Crippen LogP) is 5.18. The second-order valence-corrected chi connectivity index (χ2v) is 6.32. The number of hydrogen-bond donors (Lipinski definition) is 1. The first kappa shape index (κ1) is 16.0. The van der Waals surface area contributed by atoms with Gasteiger partial charge in [-0.2, -0.15) is 13.2 Å². The van der Waals surface area contributed by atoms with E-state index in [9.17, 15) is 22.7 Å². The molecule has 1 N–H and O–H groups in total. The van der Waals surface area contributed by atoms with Crippen LogP contribution in [0.15, 0.2) is 16.6 Å². The zero-order valence-corrected chi connectivity index (χ0v) is 12.6. The molecule has 1 nitrogen and oxygen atoms in total. The van der Waals surface area contributed by atoms with Crippen molar-refractivity contribution in [3.05, 3.63) is 33.0 Å². The van der Waals surface area contributed by atoms with Crippen molar-refractivity contribution in [1.82, 2.24) is 0 Å². The van der Waals surface area contributed by atoms with Gasteiger partial charge in [0, 0.05) is 10.0 Å². The smallest absolute Gasteiger partial charge is 0.385 e. The number of hydrogen-bond acceptors (Lipinski definition) is 1. The van der Waals surface area contributed by atoms with E-state index in [4.69, 9.17) is 11.6 Å². The van der Waals surface area contributed by atoms with Crippen LogP contribution in [0.1, 0.15) is 31.2 Å². The van der Waals surface area contributed by atoms with Gasteiger partial charge in [0.05, 0.1) is 16.5 Å². The topological polar surface area (TPSA) is 20.2 Å². The van der Waals surface area contributed by atoms with E-state index in [-0.39, 0.29) is 29.8 Å². The van der Waals surface area contributed by atoms with Crippen molar-refractivity contribution in [2.24, 2.45) is 5.92 Å². The van der Waals surface area contributed by atoms with Gasteiger partial charge < -0.3 is 5.11 Å². The number of aliphatic hydroxyl groups is 1. The van der Waals surface area contributed by atoms with Gasteiger partial charge >= 0.3 is 6.18 Å². The molecule has 1 aliphatic rings. The lowest BCUT2D eigenvalue weighted by molar-refractivity contribution is -0.202. The molecule has 0 aliphatic heterocycles. The fourth-order valence-electron chi connectivity index (χ4n) is 2.66. The van der Waals surface area contributed by atoms with Gasteiger partial charge in [-0.15, -0.1) is 0 Å². The largest absolute Gasteiger partial charge is 0.391 e. The Morgan fingerprint density at radius 3 is 2.60 bits per heavy atom. The van der Waals surface area contributed by atoms with Gasteiger partial charge in [-0.1, -0.05) is 17.7 Å². The minimum atomic E-state index is -4.38. The maximum absolute atomic E-state index is 14.1. The minimum absolute atomic E-state index is 0.0440. The van der Waals surface area contributed by atoms with Gasteiger partial charge in [-0.25, -0.2) is 4.39 Å². The minimum Gasteiger partial charge on any atom is -0.385 e. The normalized spacial score (nSPS) is 27.6. The standard InChI is InChI=1S/C13H12BrClF4O/c14-9-4-3-8(11(16)10(9)15)12(20)5-1-2-7(6-12)13(17,18)19/h3-4,7,20H,1-2,5-6H2. The van der Waals surface area contributed by atoms with Gasteiger partial charge in [-0.3, -0.25) is 0 Å². The maximum Gasteiger partial charge on any atom is 0.391 e. The third-order valence-corrected chi connectivity index (χ3v) is 4.99. The van der Waals surface area contributed by atoms with E-state index in [1.54, 1.807) is 0 Å². The van der Waals surface area contributed by atoms with Crippen molar-refractivity contribution < 1.29 is 22.7 Å². The summed E-state index contributed by atoms with van der Waals surface area (Å²) in [5.41, 5.74) is -1.99. The van der Waals surface area contributed by atoms with Crippen molar-refractivity contribution in [1.29, 1.82) is 0 Å². The van der Waals surface area contributed by atoms with Crippen molar-refractivity contribution in [3.63, 3.8) is 0 Å². The lowest BCUT2D eigenvalue weighted by atomic mass is 9.74. The maximum atomic E-state index is 14.1. The first-order valence-corrected chi connectivity index (χ1v) is 7.25. The molecule has 112 valence electrons. The van der Waals surface area contributed by atoms with Gasteiger partial charge in [0.25, 0.3) is 0 Å². The molecule has 7 heteroatoms. The van der Waals surface area contributed by atoms with E-state index in [0.717, 1.165) is 0 Å². The molecule has 2 unspecified atom stereocenters. The van der Waals surface area contributed by atoms with E-state index in [1.807, 2.05) is 0 Å². The van der Waals surface area contributed by atoms with Crippen molar-refractivity contribution in [3.8, 4) is 0 Å². The van der Waals surface area contributed by atoms with Crippen LogP contribution in [-0.2, 0) is 5.60 Å². The zero-order valence-electron chi connectivity index (χ0n) is 10.3. The summed E-state index contributed by atoms with van der Waals surface area (Å²) in [5, 5.41) is 10.2. The molecule has 0 saturated heterocycles. The Morgan fingerprint density at radius 1 is 1.35 bits per heavy atom. The molecular formula is C13H12BrClF4O. The van der Waals surface area contributed by atoms with E-state index in [1.165, 1.54) is 12.1 Å². The summed E-state index contributed by atoms with van der Waals surface area (Å²) in [4.78, 5) is 0. The average Bonchev–Trinajstić information content (AvgIpc) is 2.35. The Kier molecular flexibility index (Phi) is 4.38. The lowest BCUT2D eigenvalue weighted by Gasteiger charge is -2.38. The predicted molar refractivity (Wildman–Crippen MR) is 71.0 cm³/mol. The molecule has 0 radical (unpaired) electrons. The Hall–Kier alpha value is -0.330. The molecule has 1 aliphatic carbocycles. The van der Waals surface area contributed by atoms with E-state index in [0.29, 0.717) is 4.47 Å². The van der Waals surface area contributed by atoms with E-state index < -0.39 is 29.9 Å². The molecule has 20 heavy (non-hydrogen) atoms. The molecule has 0 aromatic heterocycles. The molecule has 0 heterocycles. The fraction of sp³-hybridized carbons (Fsp3) is 0.538. The van der Waals surface area contributed by atoms with Crippen LogP contribution in [0.4, 0.5) is 17.6 Å².